The Balaban J connectivity index is 1.96. The van der Waals surface area contributed by atoms with Gasteiger partial charge in [0.2, 0.25) is 11.8 Å². The minimum Gasteiger partial charge on any atom is -0.394 e. The number of aliphatic hydroxyl groups is 1. The fraction of sp³-hybridized carbons (Fsp3) is 0.846. The van der Waals surface area contributed by atoms with E-state index in [1.54, 1.807) is 11.8 Å². The molecule has 2 heterocycles. The van der Waals surface area contributed by atoms with Crippen LogP contribution >= 0.6 is 0 Å². The Bertz CT molecular complexity index is 332. The van der Waals surface area contributed by atoms with Crippen molar-refractivity contribution in [3.05, 3.63) is 0 Å². The molecule has 0 radical (unpaired) electrons. The van der Waals surface area contributed by atoms with Crippen LogP contribution in [0.1, 0.15) is 32.6 Å². The van der Waals surface area contributed by atoms with E-state index in [4.69, 9.17) is 0 Å². The highest BCUT2D eigenvalue weighted by atomic mass is 16.3. The minimum atomic E-state index is -0.0685. The van der Waals surface area contributed by atoms with Crippen LogP contribution in [0.2, 0.25) is 0 Å². The molecule has 0 aliphatic carbocycles. The van der Waals surface area contributed by atoms with E-state index in [2.05, 4.69) is 0 Å². The van der Waals surface area contributed by atoms with Gasteiger partial charge in [0, 0.05) is 26.6 Å². The number of hydrogen-bond donors (Lipinski definition) is 1. The zero-order chi connectivity index (χ0) is 13.1. The number of piperidine rings is 1. The standard InChI is InChI=1S/C13H22N2O3/c1-10(17)14-7-5-11(8-14)13(18)15-6-3-2-4-12(15)9-16/h11-12,16H,2-9H2,1H3. The average molecular weight is 254 g/mol. The van der Waals surface area contributed by atoms with Gasteiger partial charge in [-0.1, -0.05) is 0 Å². The molecule has 1 N–H and O–H groups in total. The average Bonchev–Trinajstić information content (AvgIpc) is 2.87. The molecule has 2 fully saturated rings. The molecular formula is C13H22N2O3. The lowest BCUT2D eigenvalue weighted by atomic mass is 9.99. The maximum absolute atomic E-state index is 12.4. The van der Waals surface area contributed by atoms with Crippen LogP contribution in [0.3, 0.4) is 0 Å². The van der Waals surface area contributed by atoms with Crippen LogP contribution in [0.25, 0.3) is 0 Å². The van der Waals surface area contributed by atoms with E-state index in [0.29, 0.717) is 13.1 Å². The van der Waals surface area contributed by atoms with E-state index in [-0.39, 0.29) is 30.4 Å². The Morgan fingerprint density at radius 3 is 2.61 bits per heavy atom. The summed E-state index contributed by atoms with van der Waals surface area (Å²) in [6.45, 7) is 3.58. The summed E-state index contributed by atoms with van der Waals surface area (Å²) in [5.41, 5.74) is 0. The highest BCUT2D eigenvalue weighted by Crippen LogP contribution is 2.24. The molecule has 18 heavy (non-hydrogen) atoms. The predicted octanol–water partition coefficient (Wildman–Crippen LogP) is 0.228. The van der Waals surface area contributed by atoms with E-state index in [0.717, 1.165) is 32.2 Å². The van der Waals surface area contributed by atoms with Crippen LogP contribution in [0.4, 0.5) is 0 Å². The molecular weight excluding hydrogens is 232 g/mol. The van der Waals surface area contributed by atoms with Crippen LogP contribution in [-0.2, 0) is 9.59 Å². The Labute approximate surface area is 108 Å². The Morgan fingerprint density at radius 1 is 1.22 bits per heavy atom. The van der Waals surface area contributed by atoms with Gasteiger partial charge in [0.25, 0.3) is 0 Å². The molecule has 2 saturated heterocycles. The largest absolute Gasteiger partial charge is 0.394 e. The van der Waals surface area contributed by atoms with Crippen molar-refractivity contribution in [1.29, 1.82) is 0 Å². The lowest BCUT2D eigenvalue weighted by molar-refractivity contribution is -0.140. The van der Waals surface area contributed by atoms with E-state index in [9.17, 15) is 14.7 Å². The maximum atomic E-state index is 12.4. The number of rotatable bonds is 2. The second-order valence-corrected chi connectivity index (χ2v) is 5.31. The molecule has 2 aliphatic rings. The maximum Gasteiger partial charge on any atom is 0.227 e. The predicted molar refractivity (Wildman–Crippen MR) is 66.8 cm³/mol. The lowest BCUT2D eigenvalue weighted by Gasteiger charge is -2.36. The summed E-state index contributed by atoms with van der Waals surface area (Å²) in [7, 11) is 0. The molecule has 2 aliphatic heterocycles. The van der Waals surface area contributed by atoms with Crippen molar-refractivity contribution in [2.75, 3.05) is 26.2 Å². The van der Waals surface area contributed by atoms with Crippen molar-refractivity contribution in [2.24, 2.45) is 5.92 Å². The summed E-state index contributed by atoms with van der Waals surface area (Å²) >= 11 is 0. The molecule has 0 aromatic heterocycles. The van der Waals surface area contributed by atoms with Gasteiger partial charge in [0.15, 0.2) is 0 Å². The topological polar surface area (TPSA) is 60.9 Å². The molecule has 0 aromatic carbocycles. The number of aliphatic hydroxyl groups excluding tert-OH is 1. The number of nitrogens with zero attached hydrogens (tertiary/aromatic N) is 2. The lowest BCUT2D eigenvalue weighted by Crippen LogP contribution is -2.48. The first-order valence-corrected chi connectivity index (χ1v) is 6.80. The van der Waals surface area contributed by atoms with E-state index in [1.807, 2.05) is 4.90 Å². The van der Waals surface area contributed by atoms with Crippen LogP contribution in [0.15, 0.2) is 0 Å². The molecule has 2 atom stereocenters. The van der Waals surface area contributed by atoms with Gasteiger partial charge in [0.05, 0.1) is 18.6 Å². The van der Waals surface area contributed by atoms with Crippen LogP contribution in [0, 0.1) is 5.92 Å². The van der Waals surface area contributed by atoms with Gasteiger partial charge in [-0.05, 0) is 25.7 Å². The van der Waals surface area contributed by atoms with Gasteiger partial charge in [-0.25, -0.2) is 0 Å². The van der Waals surface area contributed by atoms with Crippen LogP contribution < -0.4 is 0 Å². The van der Waals surface area contributed by atoms with Gasteiger partial charge in [-0.3, -0.25) is 9.59 Å². The molecule has 2 unspecified atom stereocenters. The number of amides is 2. The van der Waals surface area contributed by atoms with Crippen molar-refractivity contribution < 1.29 is 14.7 Å². The monoisotopic (exact) mass is 254 g/mol. The molecule has 5 nitrogen and oxygen atoms in total. The van der Waals surface area contributed by atoms with Gasteiger partial charge in [0.1, 0.15) is 0 Å². The van der Waals surface area contributed by atoms with Crippen LogP contribution in [-0.4, -0.2) is 59.0 Å². The fourth-order valence-corrected chi connectivity index (χ4v) is 2.96. The molecule has 0 saturated carbocycles. The second-order valence-electron chi connectivity index (χ2n) is 5.31. The first-order valence-electron chi connectivity index (χ1n) is 6.80. The Morgan fingerprint density at radius 2 is 2.00 bits per heavy atom. The quantitative estimate of drug-likeness (QED) is 0.767. The first kappa shape index (κ1) is 13.3. The number of hydrogen-bond acceptors (Lipinski definition) is 3. The summed E-state index contributed by atoms with van der Waals surface area (Å²) in [5.74, 6) is 0.0983. The number of carbonyl (C=O) groups is 2. The zero-order valence-electron chi connectivity index (χ0n) is 11.0. The highest BCUT2D eigenvalue weighted by Gasteiger charge is 2.35. The third-order valence-corrected chi connectivity index (χ3v) is 4.10. The van der Waals surface area contributed by atoms with Crippen molar-refractivity contribution in [2.45, 2.75) is 38.6 Å². The number of carbonyl (C=O) groups excluding carboxylic acids is 2. The van der Waals surface area contributed by atoms with Crippen molar-refractivity contribution in [3.8, 4) is 0 Å². The molecule has 102 valence electrons. The SMILES string of the molecule is CC(=O)N1CCC(C(=O)N2CCCCC2CO)C1. The Kier molecular flexibility index (Phi) is 4.22. The van der Waals surface area contributed by atoms with E-state index >= 15 is 0 Å². The zero-order valence-corrected chi connectivity index (χ0v) is 11.0. The summed E-state index contributed by atoms with van der Waals surface area (Å²) < 4.78 is 0. The van der Waals surface area contributed by atoms with Crippen molar-refractivity contribution >= 4 is 11.8 Å². The summed E-state index contributed by atoms with van der Waals surface area (Å²) in [4.78, 5) is 27.3. The number of likely N-dealkylation sites (tertiary alicyclic amines) is 2. The molecule has 0 aromatic rings. The van der Waals surface area contributed by atoms with Crippen molar-refractivity contribution in [1.82, 2.24) is 9.80 Å². The third kappa shape index (κ3) is 2.66. The fourth-order valence-electron chi connectivity index (χ4n) is 2.96. The van der Waals surface area contributed by atoms with Gasteiger partial charge < -0.3 is 14.9 Å². The summed E-state index contributed by atoms with van der Waals surface area (Å²) in [5, 5.41) is 9.33. The third-order valence-electron chi connectivity index (χ3n) is 4.10. The molecule has 2 amide bonds. The van der Waals surface area contributed by atoms with Gasteiger partial charge >= 0.3 is 0 Å². The summed E-state index contributed by atoms with van der Waals surface area (Å²) in [6, 6.07) is -0.0161. The second kappa shape index (κ2) is 5.69. The van der Waals surface area contributed by atoms with E-state index < -0.39 is 0 Å². The smallest absolute Gasteiger partial charge is 0.227 e. The van der Waals surface area contributed by atoms with Gasteiger partial charge in [-0.2, -0.15) is 0 Å². The molecule has 5 heteroatoms. The molecule has 0 spiro atoms. The molecule has 2 rings (SSSR count). The van der Waals surface area contributed by atoms with Crippen molar-refractivity contribution in [3.63, 3.8) is 0 Å². The van der Waals surface area contributed by atoms with Crippen LogP contribution in [0.5, 0.6) is 0 Å². The first-order chi connectivity index (χ1) is 8.63. The van der Waals surface area contributed by atoms with E-state index in [1.165, 1.54) is 0 Å². The Hall–Kier alpha value is -1.10. The normalized spacial score (nSPS) is 28.6. The summed E-state index contributed by atoms with van der Waals surface area (Å²) in [6.07, 6.45) is 3.75. The highest BCUT2D eigenvalue weighted by molar-refractivity contribution is 5.81. The van der Waals surface area contributed by atoms with Gasteiger partial charge in [-0.15, -0.1) is 0 Å². The molecule has 0 bridgehead atoms. The minimum absolute atomic E-state index is 0.0161.